The fraction of sp³-hybridized carbons (Fsp3) is 0.278. The Labute approximate surface area is 302 Å². The number of piperazine rings is 1. The summed E-state index contributed by atoms with van der Waals surface area (Å²) in [5, 5.41) is 18.2. The van der Waals surface area contributed by atoms with Crippen LogP contribution in [-0.4, -0.2) is 93.7 Å². The van der Waals surface area contributed by atoms with Crippen LogP contribution in [0.25, 0.3) is 0 Å². The van der Waals surface area contributed by atoms with E-state index in [1.54, 1.807) is 28.8 Å². The van der Waals surface area contributed by atoms with Gasteiger partial charge in [0.15, 0.2) is 0 Å². The molecule has 0 spiro atoms. The zero-order chi connectivity index (χ0) is 36.4. The van der Waals surface area contributed by atoms with Crippen LogP contribution in [-0.2, 0) is 10.0 Å². The zero-order valence-electron chi connectivity index (χ0n) is 28.4. The molecule has 15 heteroatoms. The number of anilines is 3. The van der Waals surface area contributed by atoms with Crippen LogP contribution in [0.5, 0.6) is 0 Å². The molecule has 4 aromatic rings. The van der Waals surface area contributed by atoms with Crippen molar-refractivity contribution in [1.82, 2.24) is 14.5 Å². The van der Waals surface area contributed by atoms with E-state index < -0.39 is 31.4 Å². The van der Waals surface area contributed by atoms with Crippen LogP contribution in [0.1, 0.15) is 16.8 Å². The Morgan fingerprint density at radius 1 is 0.902 bits per heavy atom. The predicted octanol–water partition coefficient (Wildman–Crippen LogP) is 5.59. The predicted molar refractivity (Wildman–Crippen MR) is 201 cm³/mol. The molecule has 1 fully saturated rings. The number of amides is 3. The Bertz CT molecular complexity index is 1910. The van der Waals surface area contributed by atoms with E-state index in [-0.39, 0.29) is 23.3 Å². The van der Waals surface area contributed by atoms with Crippen molar-refractivity contribution in [3.63, 3.8) is 0 Å². The average molecular weight is 732 g/mol. The van der Waals surface area contributed by atoms with E-state index in [0.717, 1.165) is 28.9 Å². The number of benzene rings is 4. The lowest BCUT2D eigenvalue weighted by Gasteiger charge is -2.36. The molecule has 3 N–H and O–H groups in total. The molecule has 3 amide bonds. The maximum Gasteiger partial charge on any atom is 0.321 e. The van der Waals surface area contributed by atoms with Gasteiger partial charge in [-0.2, -0.15) is 0 Å². The van der Waals surface area contributed by atoms with Crippen molar-refractivity contribution in [1.29, 1.82) is 0 Å². The molecule has 268 valence electrons. The summed E-state index contributed by atoms with van der Waals surface area (Å²) in [6.07, 6.45) is 0.695. The van der Waals surface area contributed by atoms with Crippen molar-refractivity contribution in [3.8, 4) is 0 Å². The van der Waals surface area contributed by atoms with E-state index in [1.807, 2.05) is 84.4 Å². The molecule has 0 aromatic heterocycles. The topological polar surface area (TPSA) is 157 Å². The molecule has 0 radical (unpaired) electrons. The summed E-state index contributed by atoms with van der Waals surface area (Å²) in [7, 11) is -0.543. The monoisotopic (exact) mass is 731 g/mol. The lowest BCUT2D eigenvalue weighted by atomic mass is 10.1. The van der Waals surface area contributed by atoms with Crippen LogP contribution < -0.4 is 20.3 Å². The summed E-state index contributed by atoms with van der Waals surface area (Å²) in [6, 6.07) is 28.8. The van der Waals surface area contributed by atoms with Crippen LogP contribution >= 0.6 is 11.8 Å². The minimum absolute atomic E-state index is 0.107. The van der Waals surface area contributed by atoms with Gasteiger partial charge in [0.05, 0.1) is 9.82 Å². The fourth-order valence-corrected chi connectivity index (χ4v) is 7.44. The number of nitro benzene ring substituents is 1. The Morgan fingerprint density at radius 3 is 2.18 bits per heavy atom. The van der Waals surface area contributed by atoms with Crippen LogP contribution in [0.4, 0.5) is 27.5 Å². The summed E-state index contributed by atoms with van der Waals surface area (Å²) in [4.78, 5) is 43.6. The van der Waals surface area contributed by atoms with E-state index in [4.69, 9.17) is 0 Å². The highest BCUT2D eigenvalue weighted by molar-refractivity contribution is 7.99. The van der Waals surface area contributed by atoms with Gasteiger partial charge in [0.2, 0.25) is 0 Å². The number of carbonyl (C=O) groups excluding carboxylic acids is 2. The van der Waals surface area contributed by atoms with Gasteiger partial charge in [-0.25, -0.2) is 17.9 Å². The number of nitrogens with one attached hydrogen (secondary N) is 3. The Balaban J connectivity index is 1.20. The van der Waals surface area contributed by atoms with E-state index in [0.29, 0.717) is 38.4 Å². The van der Waals surface area contributed by atoms with Gasteiger partial charge >= 0.3 is 6.03 Å². The first-order valence-electron chi connectivity index (χ1n) is 16.4. The maximum atomic E-state index is 13.2. The third-order valence-corrected chi connectivity index (χ3v) is 10.8. The van der Waals surface area contributed by atoms with Crippen molar-refractivity contribution >= 4 is 56.5 Å². The lowest BCUT2D eigenvalue weighted by molar-refractivity contribution is -0.384. The van der Waals surface area contributed by atoms with Gasteiger partial charge in [0.25, 0.3) is 21.6 Å². The van der Waals surface area contributed by atoms with Gasteiger partial charge in [0, 0.05) is 65.9 Å². The molecule has 0 saturated carbocycles. The second kappa shape index (κ2) is 17.2. The Hall–Kier alpha value is -5.12. The number of thioether (sulfide) groups is 1. The maximum absolute atomic E-state index is 13.2. The Morgan fingerprint density at radius 2 is 1.55 bits per heavy atom. The van der Waals surface area contributed by atoms with Crippen molar-refractivity contribution < 1.29 is 22.9 Å². The van der Waals surface area contributed by atoms with E-state index in [2.05, 4.69) is 15.5 Å². The van der Waals surface area contributed by atoms with Crippen LogP contribution in [0.3, 0.4) is 0 Å². The molecule has 0 aliphatic carbocycles. The van der Waals surface area contributed by atoms with Crippen LogP contribution in [0, 0.1) is 10.1 Å². The number of nitro groups is 1. The smallest absolute Gasteiger partial charge is 0.321 e. The highest BCUT2D eigenvalue weighted by Crippen LogP contribution is 2.30. The van der Waals surface area contributed by atoms with Gasteiger partial charge in [-0.05, 0) is 87.7 Å². The molecule has 51 heavy (non-hydrogen) atoms. The lowest BCUT2D eigenvalue weighted by Crippen LogP contribution is -2.50. The first-order chi connectivity index (χ1) is 24.5. The SMILES string of the molecule is CN(C)CC[C@H](CSc1ccccc1)Nc1ccc(S(=O)(=O)NC(=O)c2ccc(N3CCN(C(=O)Nc4ccccc4)CC3)cc2)cc1[N+](=O)[O-]. The molecule has 1 aliphatic heterocycles. The fourth-order valence-electron chi connectivity index (χ4n) is 5.45. The number of hydrogen-bond donors (Lipinski definition) is 3. The molecule has 1 atom stereocenters. The van der Waals surface area contributed by atoms with E-state index in [1.165, 1.54) is 24.3 Å². The molecular weight excluding hydrogens is 691 g/mol. The van der Waals surface area contributed by atoms with Gasteiger partial charge in [0.1, 0.15) is 5.69 Å². The van der Waals surface area contributed by atoms with Gasteiger partial charge in [-0.1, -0.05) is 36.4 Å². The normalized spacial score (nSPS) is 13.8. The molecule has 0 unspecified atom stereocenters. The zero-order valence-corrected chi connectivity index (χ0v) is 30.0. The number of hydrogen-bond acceptors (Lipinski definition) is 10. The highest BCUT2D eigenvalue weighted by Gasteiger charge is 2.26. The van der Waals surface area contributed by atoms with Crippen LogP contribution in [0.2, 0.25) is 0 Å². The number of para-hydroxylation sites is 1. The molecule has 0 bridgehead atoms. The van der Waals surface area contributed by atoms with E-state index >= 15 is 0 Å². The minimum atomic E-state index is -4.44. The summed E-state index contributed by atoms with van der Waals surface area (Å²) in [5.74, 6) is -0.234. The summed E-state index contributed by atoms with van der Waals surface area (Å²) in [6.45, 7) is 2.90. The summed E-state index contributed by atoms with van der Waals surface area (Å²) in [5.41, 5.74) is 1.43. The second-order valence-electron chi connectivity index (χ2n) is 12.2. The number of carbonyl (C=O) groups is 2. The van der Waals surface area contributed by atoms with Gasteiger partial charge in [-0.15, -0.1) is 11.8 Å². The molecule has 5 rings (SSSR count). The standard InChI is InChI=1S/C36H41N7O6S2/c1-40(2)20-19-29(26-50-31-11-7-4-8-12-31)37-33-18-17-32(25-34(33)43(46)47)51(48,49)39-35(44)27-13-15-30(16-14-27)41-21-23-42(24-22-41)36(45)38-28-9-5-3-6-10-28/h3-18,25,29,37H,19-24,26H2,1-2H3,(H,38,45)(H,39,44)/t29-/m1/s1. The molecule has 4 aromatic carbocycles. The molecular formula is C36H41N7O6S2. The highest BCUT2D eigenvalue weighted by atomic mass is 32.2. The number of nitrogens with zero attached hydrogens (tertiary/aromatic N) is 4. The third-order valence-electron chi connectivity index (χ3n) is 8.27. The number of rotatable bonds is 14. The first kappa shape index (κ1) is 37.1. The Kier molecular flexibility index (Phi) is 12.5. The minimum Gasteiger partial charge on any atom is -0.376 e. The second-order valence-corrected chi connectivity index (χ2v) is 15.0. The van der Waals surface area contributed by atoms with Gasteiger partial charge in [-0.3, -0.25) is 14.9 Å². The molecule has 13 nitrogen and oxygen atoms in total. The van der Waals surface area contributed by atoms with Crippen molar-refractivity contribution in [2.24, 2.45) is 0 Å². The molecule has 1 saturated heterocycles. The number of urea groups is 1. The third kappa shape index (κ3) is 10.4. The van der Waals surface area contributed by atoms with Crippen molar-refractivity contribution in [3.05, 3.63) is 119 Å². The van der Waals surface area contributed by atoms with Gasteiger partial charge < -0.3 is 25.3 Å². The van der Waals surface area contributed by atoms with Crippen molar-refractivity contribution in [2.45, 2.75) is 22.3 Å². The van der Waals surface area contributed by atoms with Crippen LogP contribution in [0.15, 0.2) is 113 Å². The van der Waals surface area contributed by atoms with Crippen molar-refractivity contribution in [2.75, 3.05) is 68.1 Å². The summed E-state index contributed by atoms with van der Waals surface area (Å²) < 4.78 is 28.5. The molecule has 1 heterocycles. The first-order valence-corrected chi connectivity index (χ1v) is 18.9. The van der Waals surface area contributed by atoms with E-state index in [9.17, 15) is 28.1 Å². The quantitative estimate of drug-likeness (QED) is 0.0849. The average Bonchev–Trinajstić information content (AvgIpc) is 3.13. The number of sulfonamides is 1. The largest absolute Gasteiger partial charge is 0.376 e. The summed E-state index contributed by atoms with van der Waals surface area (Å²) >= 11 is 1.62. The molecule has 1 aliphatic rings.